The summed E-state index contributed by atoms with van der Waals surface area (Å²) in [5.41, 5.74) is 0.0574. The number of hydrogen-bond donors (Lipinski definition) is 1. The van der Waals surface area contributed by atoms with Gasteiger partial charge in [0.1, 0.15) is 28.7 Å². The van der Waals surface area contributed by atoms with Crippen molar-refractivity contribution in [2.45, 2.75) is 6.16 Å². The zero-order valence-corrected chi connectivity index (χ0v) is 18.1. The molecule has 0 aliphatic carbocycles. The third kappa shape index (κ3) is 4.03. The summed E-state index contributed by atoms with van der Waals surface area (Å²) in [5, 5.41) is 24.4. The van der Waals surface area contributed by atoms with E-state index in [1.54, 1.807) is 6.07 Å². The predicted octanol–water partition coefficient (Wildman–Crippen LogP) is 4.79. The van der Waals surface area contributed by atoms with Gasteiger partial charge < -0.3 is 5.11 Å². The number of carboxylic acids is 1. The number of carbonyl (C=O) groups is 1. The fourth-order valence-electron chi connectivity index (χ4n) is 4.05. The van der Waals surface area contributed by atoms with E-state index in [0.717, 1.165) is 21.5 Å². The fourth-order valence-corrected chi connectivity index (χ4v) is 8.28. The van der Waals surface area contributed by atoms with Gasteiger partial charge in [0.15, 0.2) is 0 Å². The first kappa shape index (κ1) is 21.4. The Morgan fingerprint density at radius 2 is 1.19 bits per heavy atom. The minimum absolute atomic E-state index is 0.292. The molecule has 158 valence electrons. The van der Waals surface area contributed by atoms with Gasteiger partial charge in [-0.25, -0.2) is 4.79 Å². The van der Waals surface area contributed by atoms with Crippen molar-refractivity contribution in [2.75, 3.05) is 0 Å². The number of nitro groups is 1. The number of nitro benzene ring substituents is 1. The third-order valence-electron chi connectivity index (χ3n) is 5.50. The molecule has 0 aromatic heterocycles. The largest absolute Gasteiger partial charge is 0.477 e. The quantitative estimate of drug-likeness (QED) is 0.254. The lowest BCUT2D eigenvalue weighted by atomic mass is 10.1. The number of aromatic carboxylic acids is 1. The molecule has 0 aliphatic rings. The van der Waals surface area contributed by atoms with Crippen molar-refractivity contribution < 1.29 is 14.8 Å². The molecule has 0 saturated carbocycles. The monoisotopic (exact) mass is 442 g/mol. The van der Waals surface area contributed by atoms with Crippen molar-refractivity contribution in [1.82, 2.24) is 0 Å². The van der Waals surface area contributed by atoms with Crippen molar-refractivity contribution in [3.05, 3.63) is 130 Å². The van der Waals surface area contributed by atoms with Gasteiger partial charge in [0.25, 0.3) is 5.69 Å². The summed E-state index contributed by atoms with van der Waals surface area (Å²) >= 11 is 0. The molecule has 5 nitrogen and oxygen atoms in total. The van der Waals surface area contributed by atoms with Crippen LogP contribution in [-0.4, -0.2) is 16.0 Å². The van der Waals surface area contributed by atoms with E-state index >= 15 is 0 Å². The standard InChI is InChI=1S/C26H20NO4P/c28-26(29)24-18-20(16-17-25(24)27(30)31)19-32(21-10-4-1-5-11-21,22-12-6-2-7-13-22)23-14-8-3-9-15-23/h1-18H,19H2/p+1. The molecule has 0 aliphatic heterocycles. The number of hydrogen-bond acceptors (Lipinski definition) is 3. The highest BCUT2D eigenvalue weighted by Crippen LogP contribution is 2.58. The van der Waals surface area contributed by atoms with Crippen LogP contribution in [-0.2, 0) is 6.16 Å². The minimum Gasteiger partial charge on any atom is -0.477 e. The molecule has 4 aromatic carbocycles. The van der Waals surface area contributed by atoms with Crippen LogP contribution in [0.5, 0.6) is 0 Å². The molecule has 4 aromatic rings. The minimum atomic E-state index is -2.23. The van der Waals surface area contributed by atoms with Crippen LogP contribution in [0.15, 0.2) is 109 Å². The number of rotatable bonds is 7. The molecule has 6 heteroatoms. The smallest absolute Gasteiger partial charge is 0.342 e. The van der Waals surface area contributed by atoms with E-state index in [0.29, 0.717) is 6.16 Å². The summed E-state index contributed by atoms with van der Waals surface area (Å²) in [6, 6.07) is 35.0. The Hall–Kier alpha value is -3.82. The third-order valence-corrected chi connectivity index (χ3v) is 9.88. The van der Waals surface area contributed by atoms with Crippen molar-refractivity contribution in [2.24, 2.45) is 0 Å². The maximum absolute atomic E-state index is 11.8. The van der Waals surface area contributed by atoms with Gasteiger partial charge in [0.05, 0.1) is 11.1 Å². The zero-order chi connectivity index (χ0) is 22.6. The molecule has 0 atom stereocenters. The average molecular weight is 442 g/mol. The molecular formula is C26H21NO4P+. The van der Waals surface area contributed by atoms with E-state index in [1.165, 1.54) is 12.1 Å². The molecule has 4 rings (SSSR count). The van der Waals surface area contributed by atoms with Crippen LogP contribution in [0.1, 0.15) is 15.9 Å². The Morgan fingerprint density at radius 3 is 1.56 bits per heavy atom. The summed E-state index contributed by atoms with van der Waals surface area (Å²) in [6.45, 7) is 0. The van der Waals surface area contributed by atoms with E-state index in [9.17, 15) is 20.0 Å². The first-order chi connectivity index (χ1) is 15.5. The first-order valence-electron chi connectivity index (χ1n) is 10.1. The van der Waals surface area contributed by atoms with Gasteiger partial charge in [-0.3, -0.25) is 10.1 Å². The van der Waals surface area contributed by atoms with Crippen LogP contribution in [0.4, 0.5) is 5.69 Å². The van der Waals surface area contributed by atoms with Crippen LogP contribution in [0, 0.1) is 10.1 Å². The van der Waals surface area contributed by atoms with Crippen molar-refractivity contribution >= 4 is 34.8 Å². The summed E-state index contributed by atoms with van der Waals surface area (Å²) < 4.78 is 0. The molecule has 0 fully saturated rings. The molecule has 0 saturated heterocycles. The Kier molecular flexibility index (Phi) is 6.11. The van der Waals surface area contributed by atoms with E-state index in [-0.39, 0.29) is 5.56 Å². The summed E-state index contributed by atoms with van der Waals surface area (Å²) in [4.78, 5) is 22.4. The van der Waals surface area contributed by atoms with Gasteiger partial charge in [-0.05, 0) is 54.1 Å². The Morgan fingerprint density at radius 1 is 0.750 bits per heavy atom. The number of benzene rings is 4. The van der Waals surface area contributed by atoms with Crippen LogP contribution in [0.25, 0.3) is 0 Å². The van der Waals surface area contributed by atoms with E-state index < -0.39 is 23.8 Å². The number of carboxylic acid groups (broad SMARTS) is 1. The number of nitrogens with zero attached hydrogens (tertiary/aromatic N) is 1. The topological polar surface area (TPSA) is 80.4 Å². The molecule has 0 amide bonds. The Labute approximate surface area is 186 Å². The second kappa shape index (κ2) is 9.13. The molecular weight excluding hydrogens is 421 g/mol. The van der Waals surface area contributed by atoms with Gasteiger partial charge in [0.2, 0.25) is 0 Å². The Bertz CT molecular complexity index is 1150. The molecule has 0 radical (unpaired) electrons. The lowest BCUT2D eigenvalue weighted by Gasteiger charge is -2.28. The zero-order valence-electron chi connectivity index (χ0n) is 17.2. The van der Waals surface area contributed by atoms with E-state index in [1.807, 2.05) is 54.6 Å². The van der Waals surface area contributed by atoms with Gasteiger partial charge in [-0.2, -0.15) is 0 Å². The highest BCUT2D eigenvalue weighted by Gasteiger charge is 2.45. The normalized spacial score (nSPS) is 11.1. The summed E-state index contributed by atoms with van der Waals surface area (Å²) in [6.07, 6.45) is 0.545. The maximum Gasteiger partial charge on any atom is 0.342 e. The second-order valence-corrected chi connectivity index (χ2v) is 10.9. The first-order valence-corrected chi connectivity index (χ1v) is 12.1. The van der Waals surface area contributed by atoms with Gasteiger partial charge in [0, 0.05) is 6.07 Å². The van der Waals surface area contributed by atoms with Crippen molar-refractivity contribution in [3.8, 4) is 0 Å². The van der Waals surface area contributed by atoms with Crippen LogP contribution in [0.3, 0.4) is 0 Å². The van der Waals surface area contributed by atoms with Crippen LogP contribution in [0.2, 0.25) is 0 Å². The van der Waals surface area contributed by atoms with Crippen LogP contribution >= 0.6 is 7.26 Å². The molecule has 0 bridgehead atoms. The highest BCUT2D eigenvalue weighted by molar-refractivity contribution is 7.95. The fraction of sp³-hybridized carbons (Fsp3) is 0.0385. The average Bonchev–Trinajstić information content (AvgIpc) is 2.84. The van der Waals surface area contributed by atoms with E-state index in [2.05, 4.69) is 36.4 Å². The molecule has 32 heavy (non-hydrogen) atoms. The van der Waals surface area contributed by atoms with Crippen LogP contribution < -0.4 is 15.9 Å². The SMILES string of the molecule is O=C(O)c1cc(C[P+](c2ccccc2)(c2ccccc2)c2ccccc2)ccc1[N+](=O)[O-]. The van der Waals surface area contributed by atoms with E-state index in [4.69, 9.17) is 0 Å². The highest BCUT2D eigenvalue weighted by atomic mass is 31.2. The lowest BCUT2D eigenvalue weighted by molar-refractivity contribution is -0.385. The summed E-state index contributed by atoms with van der Waals surface area (Å²) in [5.74, 6) is -1.30. The Balaban J connectivity index is 1.98. The van der Waals surface area contributed by atoms with Gasteiger partial charge in [-0.1, -0.05) is 54.6 Å². The molecule has 1 N–H and O–H groups in total. The molecule has 0 heterocycles. The predicted molar refractivity (Wildman–Crippen MR) is 129 cm³/mol. The molecule has 0 spiro atoms. The lowest BCUT2D eigenvalue weighted by Crippen LogP contribution is -2.32. The van der Waals surface area contributed by atoms with Gasteiger partial charge >= 0.3 is 5.97 Å². The van der Waals surface area contributed by atoms with Crippen molar-refractivity contribution in [3.63, 3.8) is 0 Å². The molecule has 0 unspecified atom stereocenters. The van der Waals surface area contributed by atoms with Crippen molar-refractivity contribution in [1.29, 1.82) is 0 Å². The summed E-state index contributed by atoms with van der Waals surface area (Å²) in [7, 11) is -2.23. The second-order valence-electron chi connectivity index (χ2n) is 7.39. The van der Waals surface area contributed by atoms with Gasteiger partial charge in [-0.15, -0.1) is 0 Å². The maximum atomic E-state index is 11.8.